The Kier molecular flexibility index (Phi) is 18.4. The Bertz CT molecular complexity index is 1270. The fourth-order valence-electron chi connectivity index (χ4n) is 3.89. The molecule has 0 aliphatic heterocycles. The summed E-state index contributed by atoms with van der Waals surface area (Å²) in [5.41, 5.74) is 6.49. The quantitative estimate of drug-likeness (QED) is 0.148. The minimum absolute atomic E-state index is 0.0189. The minimum Gasteiger partial charge on any atom is -0.382 e. The molecule has 0 spiro atoms. The molecule has 0 aliphatic carbocycles. The molecule has 0 fully saturated rings. The first-order valence-corrected chi connectivity index (χ1v) is 15.0. The number of primary amides is 1. The van der Waals surface area contributed by atoms with Gasteiger partial charge in [0.25, 0.3) is 0 Å². The number of rotatable bonds is 17. The van der Waals surface area contributed by atoms with E-state index in [4.69, 9.17) is 10.5 Å². The van der Waals surface area contributed by atoms with Crippen LogP contribution in [-0.2, 0) is 41.7 Å². The molecule has 2 aromatic rings. The first-order valence-electron chi connectivity index (χ1n) is 15.0. The predicted molar refractivity (Wildman–Crippen MR) is 167 cm³/mol. The van der Waals surface area contributed by atoms with Crippen LogP contribution < -0.4 is 27.0 Å². The lowest BCUT2D eigenvalue weighted by molar-refractivity contribution is -0.212. The van der Waals surface area contributed by atoms with Crippen LogP contribution in [0.2, 0.25) is 0 Å². The number of aliphatic hydroxyl groups is 1. The number of aliphatic hydroxyl groups excluding tert-OH is 1. The Labute approximate surface area is 272 Å². The molecule has 260 valence electrons. The highest BCUT2D eigenvalue weighted by atomic mass is 19.4. The maximum atomic E-state index is 13.1. The van der Waals surface area contributed by atoms with Crippen molar-refractivity contribution in [1.29, 1.82) is 0 Å². The van der Waals surface area contributed by atoms with Crippen LogP contribution >= 0.6 is 0 Å². The van der Waals surface area contributed by atoms with Gasteiger partial charge < -0.3 is 36.8 Å². The number of alkyl halides is 3. The number of halogens is 3. The van der Waals surface area contributed by atoms with Crippen LogP contribution in [-0.4, -0.2) is 78.2 Å². The molecule has 0 bridgehead atoms. The maximum absolute atomic E-state index is 13.1. The molecular weight excluding hydrogens is 623 g/mol. The van der Waals surface area contributed by atoms with Crippen LogP contribution in [0.25, 0.3) is 0 Å². The number of ether oxygens (including phenoxy) is 1. The summed E-state index contributed by atoms with van der Waals surface area (Å²) in [7, 11) is 0. The second-order valence-electron chi connectivity index (χ2n) is 10.6. The lowest BCUT2D eigenvalue weighted by Gasteiger charge is -2.27. The maximum Gasteiger partial charge on any atom is 0.416 e. The van der Waals surface area contributed by atoms with Gasteiger partial charge in [-0.3, -0.25) is 24.0 Å². The van der Waals surface area contributed by atoms with Crippen LogP contribution in [0.15, 0.2) is 60.7 Å². The van der Waals surface area contributed by atoms with Gasteiger partial charge in [-0.15, -0.1) is 0 Å². The summed E-state index contributed by atoms with van der Waals surface area (Å²) in [4.78, 5) is 61.5. The third-order valence-electron chi connectivity index (χ3n) is 6.22. The van der Waals surface area contributed by atoms with Gasteiger partial charge in [-0.25, -0.2) is 0 Å². The number of nitrogens with two attached hydrogens (primary N) is 1. The number of hydrogen-bond donors (Lipinski definition) is 6. The van der Waals surface area contributed by atoms with E-state index in [9.17, 15) is 42.3 Å². The van der Waals surface area contributed by atoms with E-state index >= 15 is 0 Å². The largest absolute Gasteiger partial charge is 0.416 e. The van der Waals surface area contributed by atoms with Crippen LogP contribution in [0.1, 0.15) is 51.2 Å². The average molecular weight is 668 g/mol. The van der Waals surface area contributed by atoms with Crippen molar-refractivity contribution >= 4 is 29.5 Å². The van der Waals surface area contributed by atoms with E-state index in [1.54, 1.807) is 30.3 Å². The van der Waals surface area contributed by atoms with E-state index in [-0.39, 0.29) is 19.6 Å². The van der Waals surface area contributed by atoms with E-state index in [0.717, 1.165) is 5.56 Å². The monoisotopic (exact) mass is 667 g/mol. The summed E-state index contributed by atoms with van der Waals surface area (Å²) in [5.74, 6) is -4.15. The van der Waals surface area contributed by atoms with Gasteiger partial charge >= 0.3 is 6.18 Å². The first kappa shape index (κ1) is 40.5. The molecule has 4 atom stereocenters. The molecule has 0 aromatic heterocycles. The molecule has 0 radical (unpaired) electrons. The van der Waals surface area contributed by atoms with Crippen molar-refractivity contribution in [3.05, 3.63) is 71.8 Å². The van der Waals surface area contributed by atoms with E-state index < -0.39 is 79.3 Å². The van der Waals surface area contributed by atoms with Gasteiger partial charge in [0.05, 0.1) is 19.2 Å². The Balaban J connectivity index is 0.00000354. The molecule has 0 saturated heterocycles. The van der Waals surface area contributed by atoms with Crippen molar-refractivity contribution in [2.75, 3.05) is 13.2 Å². The molecule has 0 saturated carbocycles. The van der Waals surface area contributed by atoms with Crippen molar-refractivity contribution in [1.82, 2.24) is 21.3 Å². The molecular formula is C32H44F3N5O7. The molecule has 0 aliphatic rings. The van der Waals surface area contributed by atoms with E-state index in [2.05, 4.69) is 29.8 Å². The van der Waals surface area contributed by atoms with Crippen molar-refractivity contribution in [2.45, 2.75) is 83.5 Å². The number of hydrogen-bond acceptors (Lipinski definition) is 7. The molecule has 7 N–H and O–H groups in total. The molecule has 2 aromatic carbocycles. The summed E-state index contributed by atoms with van der Waals surface area (Å²) >= 11 is 0. The highest BCUT2D eigenvalue weighted by Gasteiger charge is 2.44. The van der Waals surface area contributed by atoms with E-state index in [1.165, 1.54) is 13.3 Å². The Morgan fingerprint density at radius 1 is 0.851 bits per heavy atom. The summed E-state index contributed by atoms with van der Waals surface area (Å²) in [6, 6.07) is 13.1. The zero-order valence-corrected chi connectivity index (χ0v) is 26.6. The number of benzene rings is 2. The Morgan fingerprint density at radius 3 is 1.94 bits per heavy atom. The third-order valence-corrected chi connectivity index (χ3v) is 6.22. The van der Waals surface area contributed by atoms with Crippen molar-refractivity contribution in [3.8, 4) is 0 Å². The number of carbonyl (C=O) groups excluding carboxylic acids is 5. The summed E-state index contributed by atoms with van der Waals surface area (Å²) in [6.07, 6.45) is -8.00. The summed E-state index contributed by atoms with van der Waals surface area (Å²) in [6.45, 7) is 4.83. The molecule has 12 nitrogen and oxygen atoms in total. The molecule has 15 heteroatoms. The Morgan fingerprint density at radius 2 is 1.40 bits per heavy atom. The van der Waals surface area contributed by atoms with Gasteiger partial charge in [-0.05, 0) is 24.5 Å². The zero-order chi connectivity index (χ0) is 35.4. The van der Waals surface area contributed by atoms with Gasteiger partial charge in [0, 0.05) is 12.8 Å². The van der Waals surface area contributed by atoms with Crippen LogP contribution in [0.4, 0.5) is 13.2 Å². The van der Waals surface area contributed by atoms with Crippen LogP contribution in [0.5, 0.6) is 0 Å². The lowest BCUT2D eigenvalue weighted by atomic mass is 10.0. The Hall–Kier alpha value is -4.50. The highest BCUT2D eigenvalue weighted by Crippen LogP contribution is 2.24. The highest BCUT2D eigenvalue weighted by molar-refractivity contribution is 5.93. The standard InChI is InChI=1S/C29H36F3N5O7.C3H8/c1-18(27(42)37-21(12-13-23(33)38)26(41)29(30,31)32)35-28(43)22(14-19-8-4-2-5-9-19)36-24(39)15-34-25(40)17-44-16-20-10-6-3-7-11-20;1-3-2/h2-11,18,21-22,26,41H,12-17H2,1H3,(H2,33,38)(H,34,40)(H,35,43)(H,36,39)(H,37,42);3H2,1-2H3/t18-,21?,22-,26?;/m0./s1. The van der Waals surface area contributed by atoms with Crippen LogP contribution in [0, 0.1) is 0 Å². The topological polar surface area (TPSA) is 189 Å². The molecule has 47 heavy (non-hydrogen) atoms. The molecule has 2 rings (SSSR count). The van der Waals surface area contributed by atoms with Gasteiger partial charge in [0.1, 0.15) is 18.7 Å². The average Bonchev–Trinajstić information content (AvgIpc) is 3.02. The van der Waals surface area contributed by atoms with E-state index in [0.29, 0.717) is 5.56 Å². The zero-order valence-electron chi connectivity index (χ0n) is 26.6. The van der Waals surface area contributed by atoms with Crippen molar-refractivity contribution < 1.29 is 47.0 Å². The van der Waals surface area contributed by atoms with Gasteiger partial charge in [0.2, 0.25) is 29.5 Å². The second-order valence-corrected chi connectivity index (χ2v) is 10.6. The van der Waals surface area contributed by atoms with E-state index in [1.807, 2.05) is 35.6 Å². The van der Waals surface area contributed by atoms with Crippen molar-refractivity contribution in [2.24, 2.45) is 5.73 Å². The fraction of sp³-hybridized carbons (Fsp3) is 0.469. The van der Waals surface area contributed by atoms with Gasteiger partial charge in [-0.2, -0.15) is 13.2 Å². The van der Waals surface area contributed by atoms with Crippen LogP contribution in [0.3, 0.4) is 0 Å². The SMILES string of the molecule is CCC.C[C@H](NC(=O)[C@H](Cc1ccccc1)NC(=O)CNC(=O)COCc1ccccc1)C(=O)NC(CCC(N)=O)C(O)C(F)(F)F. The third kappa shape index (κ3) is 17.1. The summed E-state index contributed by atoms with van der Waals surface area (Å²) < 4.78 is 44.6. The number of nitrogens with one attached hydrogen (secondary N) is 4. The van der Waals surface area contributed by atoms with Gasteiger partial charge in [-0.1, -0.05) is 80.9 Å². The predicted octanol–water partition coefficient (Wildman–Crippen LogP) is 1.64. The normalized spacial score (nSPS) is 13.4. The van der Waals surface area contributed by atoms with Crippen molar-refractivity contribution in [3.63, 3.8) is 0 Å². The fourth-order valence-corrected chi connectivity index (χ4v) is 3.89. The molecule has 0 heterocycles. The first-order chi connectivity index (χ1) is 22.2. The lowest BCUT2D eigenvalue weighted by Crippen LogP contribution is -2.57. The van der Waals surface area contributed by atoms with Gasteiger partial charge in [0.15, 0.2) is 6.10 Å². The minimum atomic E-state index is -5.10. The smallest absolute Gasteiger partial charge is 0.382 e. The number of carbonyl (C=O) groups is 5. The second kappa shape index (κ2) is 21.3. The number of amides is 5. The molecule has 2 unspecified atom stereocenters. The summed E-state index contributed by atoms with van der Waals surface area (Å²) in [5, 5.41) is 18.8. The molecule has 5 amide bonds.